The van der Waals surface area contributed by atoms with Crippen LogP contribution in [-0.4, -0.2) is 60.4 Å². The van der Waals surface area contributed by atoms with Gasteiger partial charge in [0, 0.05) is 32.7 Å². The quantitative estimate of drug-likeness (QED) is 0.819. The van der Waals surface area contributed by atoms with E-state index in [1.54, 1.807) is 0 Å². The van der Waals surface area contributed by atoms with Gasteiger partial charge in [0.2, 0.25) is 11.8 Å². The highest BCUT2D eigenvalue weighted by molar-refractivity contribution is 5.89. The Bertz CT molecular complexity index is 330. The van der Waals surface area contributed by atoms with Gasteiger partial charge in [-0.15, -0.1) is 12.4 Å². The second-order valence-corrected chi connectivity index (χ2v) is 5.06. The minimum atomic E-state index is -0.210. The second-order valence-electron chi connectivity index (χ2n) is 5.06. The summed E-state index contributed by atoms with van der Waals surface area (Å²) in [6, 6.07) is -0.210. The van der Waals surface area contributed by atoms with E-state index in [1.807, 2.05) is 23.6 Å². The average molecular weight is 290 g/mol. The van der Waals surface area contributed by atoms with Crippen molar-refractivity contribution < 1.29 is 9.59 Å². The highest BCUT2D eigenvalue weighted by atomic mass is 35.5. The number of carbonyl (C=O) groups excluding carboxylic acids is 2. The summed E-state index contributed by atoms with van der Waals surface area (Å²) in [5, 5.41) is 3.11. The molecule has 0 aromatic rings. The molecule has 1 atom stereocenters. The number of hydrogen-bond donors (Lipinski definition) is 1. The Morgan fingerprint density at radius 1 is 1.26 bits per heavy atom. The van der Waals surface area contributed by atoms with Gasteiger partial charge in [-0.3, -0.25) is 9.59 Å². The molecule has 110 valence electrons. The first-order chi connectivity index (χ1) is 8.69. The molecule has 0 aromatic heterocycles. The van der Waals surface area contributed by atoms with Crippen molar-refractivity contribution in [2.45, 2.75) is 32.7 Å². The van der Waals surface area contributed by atoms with E-state index in [-0.39, 0.29) is 36.2 Å². The Morgan fingerprint density at radius 3 is 2.37 bits per heavy atom. The molecule has 0 aliphatic carbocycles. The molecule has 2 saturated heterocycles. The molecule has 0 aromatic carbocycles. The number of likely N-dealkylation sites (N-methyl/N-ethyl adjacent to an activating group) is 1. The molecule has 1 unspecified atom stereocenters. The molecule has 0 saturated carbocycles. The minimum Gasteiger partial charge on any atom is -0.341 e. The molecular formula is C13H24ClN3O2. The molecule has 2 fully saturated rings. The Morgan fingerprint density at radius 2 is 1.89 bits per heavy atom. The van der Waals surface area contributed by atoms with E-state index >= 15 is 0 Å². The number of rotatable bonds is 4. The number of halogens is 1. The standard InChI is InChI=1S/C13H23N3O2.ClH/c1-3-15(4-2)13(18)11-6-5-7-16(11)12(17)10-8-14-9-10;/h10-11,14H,3-9H2,1-2H3;1H. The van der Waals surface area contributed by atoms with Crippen molar-refractivity contribution in [3.8, 4) is 0 Å². The third-order valence-corrected chi connectivity index (χ3v) is 4.03. The Kier molecular flexibility index (Phi) is 6.07. The van der Waals surface area contributed by atoms with Crippen LogP contribution in [0.25, 0.3) is 0 Å². The predicted molar refractivity (Wildman–Crippen MR) is 76.3 cm³/mol. The molecule has 19 heavy (non-hydrogen) atoms. The van der Waals surface area contributed by atoms with Crippen LogP contribution in [0, 0.1) is 5.92 Å². The Balaban J connectivity index is 0.00000180. The smallest absolute Gasteiger partial charge is 0.245 e. The summed E-state index contributed by atoms with van der Waals surface area (Å²) in [4.78, 5) is 28.3. The lowest BCUT2D eigenvalue weighted by Gasteiger charge is -2.34. The van der Waals surface area contributed by atoms with Crippen LogP contribution in [0.4, 0.5) is 0 Å². The van der Waals surface area contributed by atoms with Crippen molar-refractivity contribution in [2.24, 2.45) is 5.92 Å². The molecule has 2 amide bonds. The number of nitrogens with one attached hydrogen (secondary N) is 1. The summed E-state index contributed by atoms with van der Waals surface area (Å²) in [5.41, 5.74) is 0. The summed E-state index contributed by atoms with van der Waals surface area (Å²) < 4.78 is 0. The van der Waals surface area contributed by atoms with Gasteiger partial charge in [0.25, 0.3) is 0 Å². The van der Waals surface area contributed by atoms with E-state index in [1.165, 1.54) is 0 Å². The predicted octanol–water partition coefficient (Wildman–Crippen LogP) is 0.487. The summed E-state index contributed by atoms with van der Waals surface area (Å²) in [6.45, 7) is 7.68. The van der Waals surface area contributed by atoms with Crippen LogP contribution >= 0.6 is 12.4 Å². The zero-order chi connectivity index (χ0) is 13.1. The van der Waals surface area contributed by atoms with E-state index < -0.39 is 0 Å². The van der Waals surface area contributed by atoms with Gasteiger partial charge >= 0.3 is 0 Å². The van der Waals surface area contributed by atoms with Gasteiger partial charge in [0.15, 0.2) is 0 Å². The van der Waals surface area contributed by atoms with Gasteiger partial charge in [-0.1, -0.05) is 0 Å². The number of hydrogen-bond acceptors (Lipinski definition) is 3. The monoisotopic (exact) mass is 289 g/mol. The van der Waals surface area contributed by atoms with Gasteiger partial charge in [0.05, 0.1) is 5.92 Å². The third kappa shape index (κ3) is 3.20. The van der Waals surface area contributed by atoms with Crippen LogP contribution in [0.15, 0.2) is 0 Å². The van der Waals surface area contributed by atoms with Crippen molar-refractivity contribution in [1.82, 2.24) is 15.1 Å². The van der Waals surface area contributed by atoms with Gasteiger partial charge in [-0.25, -0.2) is 0 Å². The number of amides is 2. The van der Waals surface area contributed by atoms with Crippen molar-refractivity contribution >= 4 is 24.2 Å². The zero-order valence-electron chi connectivity index (χ0n) is 11.7. The maximum Gasteiger partial charge on any atom is 0.245 e. The van der Waals surface area contributed by atoms with Crippen LogP contribution in [0.1, 0.15) is 26.7 Å². The Labute approximate surface area is 121 Å². The molecule has 2 rings (SSSR count). The first-order valence-electron chi connectivity index (χ1n) is 6.99. The molecule has 0 spiro atoms. The van der Waals surface area contributed by atoms with Crippen molar-refractivity contribution in [1.29, 1.82) is 0 Å². The summed E-state index contributed by atoms with van der Waals surface area (Å²) in [5.74, 6) is 0.380. The molecule has 1 N–H and O–H groups in total. The summed E-state index contributed by atoms with van der Waals surface area (Å²) in [7, 11) is 0. The molecule has 0 radical (unpaired) electrons. The maximum atomic E-state index is 12.4. The first kappa shape index (κ1) is 16.2. The lowest BCUT2D eigenvalue weighted by molar-refractivity contribution is -0.146. The summed E-state index contributed by atoms with van der Waals surface area (Å²) in [6.07, 6.45) is 1.77. The minimum absolute atomic E-state index is 0. The Hall–Kier alpha value is -0.810. The fourth-order valence-electron chi connectivity index (χ4n) is 2.73. The highest BCUT2D eigenvalue weighted by Gasteiger charge is 2.39. The lowest BCUT2D eigenvalue weighted by Crippen LogP contribution is -2.55. The van der Waals surface area contributed by atoms with E-state index in [2.05, 4.69) is 5.32 Å². The van der Waals surface area contributed by atoms with E-state index in [0.29, 0.717) is 0 Å². The largest absolute Gasteiger partial charge is 0.341 e. The summed E-state index contributed by atoms with van der Waals surface area (Å²) >= 11 is 0. The zero-order valence-corrected chi connectivity index (χ0v) is 12.5. The van der Waals surface area contributed by atoms with Crippen LogP contribution in [0.2, 0.25) is 0 Å². The normalized spacial score (nSPS) is 22.6. The fraction of sp³-hybridized carbons (Fsp3) is 0.846. The lowest BCUT2D eigenvalue weighted by atomic mass is 10.0. The molecule has 2 aliphatic rings. The van der Waals surface area contributed by atoms with Crippen molar-refractivity contribution in [3.05, 3.63) is 0 Å². The molecule has 5 nitrogen and oxygen atoms in total. The van der Waals surface area contributed by atoms with Crippen LogP contribution in [0.5, 0.6) is 0 Å². The van der Waals surface area contributed by atoms with E-state index in [0.717, 1.165) is 45.6 Å². The van der Waals surface area contributed by atoms with Gasteiger partial charge in [-0.2, -0.15) is 0 Å². The second kappa shape index (κ2) is 7.10. The van der Waals surface area contributed by atoms with Crippen molar-refractivity contribution in [2.75, 3.05) is 32.7 Å². The topological polar surface area (TPSA) is 52.7 Å². The third-order valence-electron chi connectivity index (χ3n) is 4.03. The average Bonchev–Trinajstić information content (AvgIpc) is 2.76. The van der Waals surface area contributed by atoms with Crippen LogP contribution < -0.4 is 5.32 Å². The van der Waals surface area contributed by atoms with E-state index in [9.17, 15) is 9.59 Å². The van der Waals surface area contributed by atoms with Crippen LogP contribution in [-0.2, 0) is 9.59 Å². The maximum absolute atomic E-state index is 12.4. The van der Waals surface area contributed by atoms with Gasteiger partial charge < -0.3 is 15.1 Å². The molecule has 0 bridgehead atoms. The highest BCUT2D eigenvalue weighted by Crippen LogP contribution is 2.22. The van der Waals surface area contributed by atoms with Gasteiger partial charge in [0.1, 0.15) is 6.04 Å². The first-order valence-corrected chi connectivity index (χ1v) is 6.99. The van der Waals surface area contributed by atoms with E-state index in [4.69, 9.17) is 0 Å². The molecule has 6 heteroatoms. The molecule has 2 aliphatic heterocycles. The molecule has 2 heterocycles. The van der Waals surface area contributed by atoms with Crippen LogP contribution in [0.3, 0.4) is 0 Å². The molecular weight excluding hydrogens is 266 g/mol. The number of carbonyl (C=O) groups is 2. The number of likely N-dealkylation sites (tertiary alicyclic amines) is 1. The van der Waals surface area contributed by atoms with Crippen molar-refractivity contribution in [3.63, 3.8) is 0 Å². The fourth-order valence-corrected chi connectivity index (χ4v) is 2.73. The SMILES string of the molecule is CCN(CC)C(=O)C1CCCN1C(=O)C1CNC1.Cl. The van der Waals surface area contributed by atoms with Gasteiger partial charge in [-0.05, 0) is 26.7 Å². The number of nitrogens with zero attached hydrogens (tertiary/aromatic N) is 2.